The molecular weight excluding hydrogens is 192 g/mol. The number of nitrogens with one attached hydrogen (secondary N) is 1. The molecule has 1 aromatic rings. The topological polar surface area (TPSA) is 83.6 Å². The molecule has 0 aliphatic carbocycles. The summed E-state index contributed by atoms with van der Waals surface area (Å²) in [6.07, 6.45) is 5.46. The van der Waals surface area contributed by atoms with Gasteiger partial charge in [0.05, 0.1) is 29.8 Å². The largest absolute Gasteiger partial charge is 0.369 e. The number of aromatic nitrogens is 1. The fourth-order valence-electron chi connectivity index (χ4n) is 2.14. The van der Waals surface area contributed by atoms with E-state index in [-0.39, 0.29) is 17.7 Å². The zero-order valence-corrected chi connectivity index (χ0v) is 7.97. The first-order valence-corrected chi connectivity index (χ1v) is 4.82. The second kappa shape index (κ2) is 2.79. The van der Waals surface area contributed by atoms with Crippen molar-refractivity contribution in [3.05, 3.63) is 18.0 Å². The first-order chi connectivity index (χ1) is 7.27. The number of carbonyl (C=O) groups excluding carboxylic acids is 1. The van der Waals surface area contributed by atoms with Crippen molar-refractivity contribution in [1.82, 2.24) is 4.98 Å². The van der Waals surface area contributed by atoms with Crippen LogP contribution >= 0.6 is 0 Å². The van der Waals surface area contributed by atoms with Crippen LogP contribution in [-0.2, 0) is 4.79 Å². The van der Waals surface area contributed by atoms with Crippen LogP contribution in [0.25, 0.3) is 0 Å². The van der Waals surface area contributed by atoms with Gasteiger partial charge in [-0.05, 0) is 0 Å². The minimum absolute atomic E-state index is 0.0363. The number of carbonyl (C=O) groups is 1. The fraction of sp³-hybridized carbons (Fsp3) is 0.300. The zero-order chi connectivity index (χ0) is 10.4. The Morgan fingerprint density at radius 1 is 1.53 bits per heavy atom. The molecule has 1 aromatic heterocycles. The number of nitrogens with zero attached hydrogens (tertiary/aromatic N) is 2. The second-order valence-electron chi connectivity index (χ2n) is 3.79. The average Bonchev–Trinajstić information content (AvgIpc) is 2.82. The van der Waals surface area contributed by atoms with E-state index in [0.717, 1.165) is 17.0 Å². The Balaban J connectivity index is 2.06. The molecule has 3 N–H and O–H groups in total. The Hall–Kier alpha value is -1.91. The molecule has 3 rings (SSSR count). The maximum absolute atomic E-state index is 11.2. The van der Waals surface area contributed by atoms with Crippen molar-refractivity contribution in [2.45, 2.75) is 0 Å². The van der Waals surface area contributed by atoms with Crippen LogP contribution in [0.15, 0.2) is 22.4 Å². The summed E-state index contributed by atoms with van der Waals surface area (Å²) in [7, 11) is 0. The molecule has 2 aliphatic heterocycles. The normalized spacial score (nSPS) is 27.1. The third kappa shape index (κ3) is 1.06. The summed E-state index contributed by atoms with van der Waals surface area (Å²) in [5, 5.41) is 0. The SMILES string of the molecule is NC(=O)C1CN=C2c3c[nH]cc3N=CC21. The number of aliphatic imine (C=N–C) groups is 2. The van der Waals surface area contributed by atoms with E-state index >= 15 is 0 Å². The molecule has 0 aromatic carbocycles. The number of fused-ring (bicyclic) bond motifs is 3. The van der Waals surface area contributed by atoms with E-state index in [1.54, 1.807) is 6.21 Å². The maximum atomic E-state index is 11.2. The van der Waals surface area contributed by atoms with E-state index in [9.17, 15) is 4.79 Å². The van der Waals surface area contributed by atoms with Crippen LogP contribution < -0.4 is 5.73 Å². The highest BCUT2D eigenvalue weighted by molar-refractivity contribution is 6.18. The third-order valence-corrected chi connectivity index (χ3v) is 2.95. The summed E-state index contributed by atoms with van der Waals surface area (Å²) in [4.78, 5) is 22.8. The number of nitrogens with two attached hydrogens (primary N) is 1. The minimum atomic E-state index is -0.302. The van der Waals surface area contributed by atoms with Gasteiger partial charge in [0.2, 0.25) is 5.91 Å². The molecule has 2 aliphatic rings. The molecule has 0 radical (unpaired) electrons. The smallest absolute Gasteiger partial charge is 0.223 e. The number of H-pyrrole nitrogens is 1. The number of hydrogen-bond acceptors (Lipinski definition) is 3. The number of rotatable bonds is 1. The molecule has 5 nitrogen and oxygen atoms in total. The number of primary amides is 1. The van der Waals surface area contributed by atoms with E-state index < -0.39 is 0 Å². The molecule has 15 heavy (non-hydrogen) atoms. The second-order valence-corrected chi connectivity index (χ2v) is 3.79. The van der Waals surface area contributed by atoms with Crippen LogP contribution in [0.4, 0.5) is 5.69 Å². The first-order valence-electron chi connectivity index (χ1n) is 4.82. The predicted octanol–water partition coefficient (Wildman–Crippen LogP) is 0.251. The molecule has 76 valence electrons. The Labute approximate surface area is 86.1 Å². The van der Waals surface area contributed by atoms with Gasteiger partial charge in [-0.2, -0.15) is 0 Å². The van der Waals surface area contributed by atoms with Gasteiger partial charge >= 0.3 is 0 Å². The molecule has 1 amide bonds. The van der Waals surface area contributed by atoms with Crippen molar-refractivity contribution in [3.63, 3.8) is 0 Å². The number of hydrogen-bond donors (Lipinski definition) is 2. The lowest BCUT2D eigenvalue weighted by Crippen LogP contribution is -2.33. The van der Waals surface area contributed by atoms with Gasteiger partial charge in [-0.25, -0.2) is 0 Å². The Morgan fingerprint density at radius 2 is 2.40 bits per heavy atom. The third-order valence-electron chi connectivity index (χ3n) is 2.95. The van der Waals surface area contributed by atoms with Crippen molar-refractivity contribution < 1.29 is 4.79 Å². The molecule has 3 heterocycles. The van der Waals surface area contributed by atoms with Gasteiger partial charge in [-0.15, -0.1) is 0 Å². The lowest BCUT2D eigenvalue weighted by atomic mass is 9.87. The molecule has 2 atom stereocenters. The van der Waals surface area contributed by atoms with Crippen molar-refractivity contribution in [3.8, 4) is 0 Å². The monoisotopic (exact) mass is 202 g/mol. The summed E-state index contributed by atoms with van der Waals surface area (Å²) >= 11 is 0. The van der Waals surface area contributed by atoms with Gasteiger partial charge < -0.3 is 10.7 Å². The van der Waals surface area contributed by atoms with Crippen LogP contribution in [0.3, 0.4) is 0 Å². The summed E-state index contributed by atoms with van der Waals surface area (Å²) in [6.45, 7) is 0.478. The van der Waals surface area contributed by atoms with Crippen LogP contribution in [0.5, 0.6) is 0 Å². The lowest BCUT2D eigenvalue weighted by Gasteiger charge is -2.17. The molecular formula is C10H10N4O. The summed E-state index contributed by atoms with van der Waals surface area (Å²) in [6, 6.07) is 0. The number of amides is 1. The van der Waals surface area contributed by atoms with Crippen molar-refractivity contribution in [2.75, 3.05) is 6.54 Å². The number of aromatic amines is 1. The van der Waals surface area contributed by atoms with E-state index in [2.05, 4.69) is 15.0 Å². The molecule has 0 saturated heterocycles. The van der Waals surface area contributed by atoms with Gasteiger partial charge in [-0.1, -0.05) is 0 Å². The molecule has 0 spiro atoms. The Bertz CT molecular complexity index is 485. The van der Waals surface area contributed by atoms with Gasteiger partial charge in [0.1, 0.15) is 0 Å². The Kier molecular flexibility index (Phi) is 1.56. The molecule has 2 unspecified atom stereocenters. The standard InChI is InChI=1S/C10H10N4O/c11-10(15)6-3-14-9-5(6)2-13-8-4-12-1-7(8)9/h1-2,4-6,12H,3H2,(H2,11,15). The maximum Gasteiger partial charge on any atom is 0.223 e. The average molecular weight is 202 g/mol. The molecule has 0 bridgehead atoms. The van der Waals surface area contributed by atoms with Crippen LogP contribution in [0.2, 0.25) is 0 Å². The highest BCUT2D eigenvalue weighted by atomic mass is 16.1. The zero-order valence-electron chi connectivity index (χ0n) is 7.97. The van der Waals surface area contributed by atoms with Crippen LogP contribution in [-0.4, -0.2) is 29.4 Å². The van der Waals surface area contributed by atoms with Gasteiger partial charge in [0.25, 0.3) is 0 Å². The van der Waals surface area contributed by atoms with Gasteiger partial charge in [-0.3, -0.25) is 14.8 Å². The fourth-order valence-corrected chi connectivity index (χ4v) is 2.14. The van der Waals surface area contributed by atoms with E-state index in [1.165, 1.54) is 0 Å². The minimum Gasteiger partial charge on any atom is -0.369 e. The summed E-state index contributed by atoms with van der Waals surface area (Å²) in [5.41, 5.74) is 8.13. The van der Waals surface area contributed by atoms with Gasteiger partial charge in [0.15, 0.2) is 0 Å². The highest BCUT2D eigenvalue weighted by Gasteiger charge is 2.37. The predicted molar refractivity (Wildman–Crippen MR) is 56.5 cm³/mol. The highest BCUT2D eigenvalue weighted by Crippen LogP contribution is 2.33. The van der Waals surface area contributed by atoms with Crippen molar-refractivity contribution >= 4 is 23.5 Å². The first kappa shape index (κ1) is 8.40. The van der Waals surface area contributed by atoms with E-state index in [1.807, 2.05) is 12.4 Å². The van der Waals surface area contributed by atoms with E-state index in [4.69, 9.17) is 5.73 Å². The molecule has 0 saturated carbocycles. The summed E-state index contributed by atoms with van der Waals surface area (Å²) in [5.74, 6) is -0.568. The molecule has 5 heteroatoms. The van der Waals surface area contributed by atoms with Crippen molar-refractivity contribution in [1.29, 1.82) is 0 Å². The van der Waals surface area contributed by atoms with Gasteiger partial charge in [0, 0.05) is 24.2 Å². The van der Waals surface area contributed by atoms with Crippen molar-refractivity contribution in [2.24, 2.45) is 27.6 Å². The lowest BCUT2D eigenvalue weighted by molar-refractivity contribution is -0.121. The van der Waals surface area contributed by atoms with E-state index in [0.29, 0.717) is 6.54 Å². The van der Waals surface area contributed by atoms with Crippen LogP contribution in [0.1, 0.15) is 5.56 Å². The van der Waals surface area contributed by atoms with Crippen LogP contribution in [0, 0.1) is 11.8 Å². The molecule has 0 fully saturated rings. The quantitative estimate of drug-likeness (QED) is 0.672. The summed E-state index contributed by atoms with van der Waals surface area (Å²) < 4.78 is 0. The Morgan fingerprint density at radius 3 is 3.20 bits per heavy atom.